The zero-order valence-electron chi connectivity index (χ0n) is 20.4. The van der Waals surface area contributed by atoms with Crippen molar-refractivity contribution in [3.8, 4) is 11.3 Å². The Kier molecular flexibility index (Phi) is 7.23. The second kappa shape index (κ2) is 10.9. The van der Waals surface area contributed by atoms with Gasteiger partial charge >= 0.3 is 5.97 Å². The summed E-state index contributed by atoms with van der Waals surface area (Å²) in [7, 11) is 0. The molecular formula is C28H27F2N5O2. The fourth-order valence-corrected chi connectivity index (χ4v) is 4.75. The second-order valence-corrected chi connectivity index (χ2v) is 8.82. The van der Waals surface area contributed by atoms with Crippen LogP contribution < -0.4 is 4.90 Å². The number of piperazine rings is 1. The van der Waals surface area contributed by atoms with Crippen LogP contribution in [0, 0.1) is 11.6 Å². The maximum atomic E-state index is 13.6. The minimum absolute atomic E-state index is 0.0980. The largest absolute Gasteiger partial charge is 0.461 e. The minimum atomic E-state index is -0.511. The number of aromatic nitrogens is 3. The van der Waals surface area contributed by atoms with Gasteiger partial charge in [0.2, 0.25) is 0 Å². The van der Waals surface area contributed by atoms with Crippen LogP contribution in [0.5, 0.6) is 0 Å². The Hall–Kier alpha value is -4.11. The van der Waals surface area contributed by atoms with Crippen LogP contribution in [0.25, 0.3) is 11.3 Å². The molecule has 3 aromatic carbocycles. The topological polar surface area (TPSA) is 74.3 Å². The Morgan fingerprint density at radius 2 is 1.43 bits per heavy atom. The number of rotatable bonds is 7. The average molecular weight is 504 g/mol. The van der Waals surface area contributed by atoms with Crippen molar-refractivity contribution in [1.29, 1.82) is 0 Å². The number of nitrogens with zero attached hydrogens (tertiary/aromatic N) is 4. The van der Waals surface area contributed by atoms with Crippen LogP contribution in [-0.2, 0) is 4.74 Å². The molecule has 0 amide bonds. The highest BCUT2D eigenvalue weighted by Gasteiger charge is 2.27. The van der Waals surface area contributed by atoms with E-state index in [0.717, 1.165) is 48.6 Å². The van der Waals surface area contributed by atoms with Gasteiger partial charge in [0.15, 0.2) is 5.69 Å². The van der Waals surface area contributed by atoms with Crippen molar-refractivity contribution < 1.29 is 18.3 Å². The number of H-pyrrole nitrogens is 1. The molecule has 7 nitrogen and oxygen atoms in total. The van der Waals surface area contributed by atoms with E-state index >= 15 is 0 Å². The van der Waals surface area contributed by atoms with E-state index in [4.69, 9.17) is 4.74 Å². The summed E-state index contributed by atoms with van der Waals surface area (Å²) in [5, 5.41) is 10.6. The molecule has 0 spiro atoms. The number of carbonyl (C=O) groups is 1. The molecule has 0 unspecified atom stereocenters. The predicted octanol–water partition coefficient (Wildman–Crippen LogP) is 4.84. The summed E-state index contributed by atoms with van der Waals surface area (Å²) in [6.45, 7) is 5.13. The number of carbonyl (C=O) groups excluding carboxylic acids is 1. The Balaban J connectivity index is 1.30. The van der Waals surface area contributed by atoms with Crippen molar-refractivity contribution >= 4 is 11.7 Å². The predicted molar refractivity (Wildman–Crippen MR) is 136 cm³/mol. The molecule has 0 atom stereocenters. The van der Waals surface area contributed by atoms with E-state index in [2.05, 4.69) is 25.2 Å². The summed E-state index contributed by atoms with van der Waals surface area (Å²) in [6, 6.07) is 20.8. The fraction of sp³-hybridized carbons (Fsp3) is 0.250. The van der Waals surface area contributed by atoms with Gasteiger partial charge in [-0.3, -0.25) is 4.90 Å². The van der Waals surface area contributed by atoms with Crippen molar-refractivity contribution in [2.45, 2.75) is 13.0 Å². The molecule has 1 saturated heterocycles. The maximum absolute atomic E-state index is 13.6. The van der Waals surface area contributed by atoms with Crippen molar-refractivity contribution in [3.63, 3.8) is 0 Å². The summed E-state index contributed by atoms with van der Waals surface area (Å²) in [6.07, 6.45) is 0. The number of benzene rings is 3. The maximum Gasteiger partial charge on any atom is 0.361 e. The molecule has 0 radical (unpaired) electrons. The molecule has 0 saturated carbocycles. The van der Waals surface area contributed by atoms with Crippen LogP contribution in [0.3, 0.4) is 0 Å². The van der Waals surface area contributed by atoms with Gasteiger partial charge in [0.05, 0.1) is 12.6 Å². The summed E-state index contributed by atoms with van der Waals surface area (Å²) in [5.41, 5.74) is 4.38. The van der Waals surface area contributed by atoms with Crippen LogP contribution >= 0.6 is 0 Å². The van der Waals surface area contributed by atoms with E-state index in [1.54, 1.807) is 31.2 Å². The highest BCUT2D eigenvalue weighted by molar-refractivity contribution is 5.94. The first-order chi connectivity index (χ1) is 18.0. The number of hydrogen-bond donors (Lipinski definition) is 1. The van der Waals surface area contributed by atoms with Crippen LogP contribution in [0.4, 0.5) is 14.5 Å². The van der Waals surface area contributed by atoms with Gasteiger partial charge < -0.3 is 9.64 Å². The third kappa shape index (κ3) is 5.36. The van der Waals surface area contributed by atoms with Crippen molar-refractivity contribution in [3.05, 3.63) is 101 Å². The zero-order valence-corrected chi connectivity index (χ0v) is 20.4. The summed E-state index contributed by atoms with van der Waals surface area (Å²) in [5.74, 6) is -1.08. The lowest BCUT2D eigenvalue weighted by Gasteiger charge is -2.40. The second-order valence-electron chi connectivity index (χ2n) is 8.82. The van der Waals surface area contributed by atoms with Crippen molar-refractivity contribution in [2.24, 2.45) is 0 Å². The smallest absolute Gasteiger partial charge is 0.361 e. The molecule has 2 heterocycles. The lowest BCUT2D eigenvalue weighted by Crippen LogP contribution is -2.48. The van der Waals surface area contributed by atoms with Gasteiger partial charge in [-0.1, -0.05) is 36.4 Å². The van der Waals surface area contributed by atoms with Gasteiger partial charge in [0.1, 0.15) is 17.3 Å². The van der Waals surface area contributed by atoms with Gasteiger partial charge in [-0.15, -0.1) is 5.10 Å². The number of halogens is 2. The van der Waals surface area contributed by atoms with E-state index in [1.165, 1.54) is 24.3 Å². The molecule has 4 aromatic rings. The van der Waals surface area contributed by atoms with Crippen LogP contribution in [0.15, 0.2) is 72.8 Å². The van der Waals surface area contributed by atoms with Crippen LogP contribution in [0.2, 0.25) is 0 Å². The first-order valence-electron chi connectivity index (χ1n) is 12.2. The molecule has 9 heteroatoms. The van der Waals surface area contributed by atoms with Gasteiger partial charge in [-0.25, -0.2) is 13.6 Å². The van der Waals surface area contributed by atoms with E-state index < -0.39 is 5.97 Å². The third-order valence-corrected chi connectivity index (χ3v) is 6.57. The fourth-order valence-electron chi connectivity index (χ4n) is 4.75. The molecule has 1 fully saturated rings. The van der Waals surface area contributed by atoms with Gasteiger partial charge in [0, 0.05) is 37.4 Å². The minimum Gasteiger partial charge on any atom is -0.461 e. The first kappa shape index (κ1) is 24.6. The first-order valence-corrected chi connectivity index (χ1v) is 12.2. The van der Waals surface area contributed by atoms with E-state index in [9.17, 15) is 13.6 Å². The van der Waals surface area contributed by atoms with E-state index in [1.807, 2.05) is 24.3 Å². The molecule has 1 N–H and O–H groups in total. The molecule has 1 aliphatic heterocycles. The monoisotopic (exact) mass is 503 g/mol. The van der Waals surface area contributed by atoms with Crippen molar-refractivity contribution in [1.82, 2.24) is 20.3 Å². The molecule has 1 aliphatic rings. The Morgan fingerprint density at radius 3 is 1.97 bits per heavy atom. The Labute approximate surface area is 213 Å². The molecule has 1 aromatic heterocycles. The van der Waals surface area contributed by atoms with Crippen LogP contribution in [0.1, 0.15) is 34.6 Å². The highest BCUT2D eigenvalue weighted by Crippen LogP contribution is 2.31. The van der Waals surface area contributed by atoms with Crippen LogP contribution in [-0.4, -0.2) is 59.1 Å². The average Bonchev–Trinajstić information content (AvgIpc) is 3.42. The lowest BCUT2D eigenvalue weighted by atomic mass is 9.96. The number of anilines is 1. The molecule has 0 bridgehead atoms. The quantitative estimate of drug-likeness (QED) is 0.364. The zero-order chi connectivity index (χ0) is 25.8. The summed E-state index contributed by atoms with van der Waals surface area (Å²) < 4.78 is 32.3. The van der Waals surface area contributed by atoms with E-state index in [-0.39, 0.29) is 30.0 Å². The highest BCUT2D eigenvalue weighted by atomic mass is 19.1. The Morgan fingerprint density at radius 1 is 0.865 bits per heavy atom. The van der Waals surface area contributed by atoms with Gasteiger partial charge in [-0.2, -0.15) is 10.3 Å². The molecular weight excluding hydrogens is 476 g/mol. The number of aromatic amines is 1. The molecule has 190 valence electrons. The van der Waals surface area contributed by atoms with Gasteiger partial charge in [0.25, 0.3) is 0 Å². The summed E-state index contributed by atoms with van der Waals surface area (Å²) in [4.78, 5) is 16.8. The number of ether oxygens (including phenoxy) is 1. The van der Waals surface area contributed by atoms with Gasteiger partial charge in [-0.05, 0) is 54.4 Å². The normalized spacial score (nSPS) is 14.2. The molecule has 5 rings (SSSR count). The third-order valence-electron chi connectivity index (χ3n) is 6.57. The Bertz CT molecular complexity index is 1290. The SMILES string of the molecule is CCOC(=O)c1n[nH]nc1-c1ccc(N2CCN(C(c3ccc(F)cc3)c3ccc(F)cc3)CC2)cc1. The summed E-state index contributed by atoms with van der Waals surface area (Å²) >= 11 is 0. The number of esters is 1. The lowest BCUT2D eigenvalue weighted by molar-refractivity contribution is 0.0520. The number of nitrogens with one attached hydrogen (secondary N) is 1. The number of hydrogen-bond acceptors (Lipinski definition) is 6. The van der Waals surface area contributed by atoms with E-state index in [0.29, 0.717) is 5.69 Å². The molecule has 37 heavy (non-hydrogen) atoms. The van der Waals surface area contributed by atoms with Crippen molar-refractivity contribution in [2.75, 3.05) is 37.7 Å². The molecule has 0 aliphatic carbocycles. The standard InChI is InChI=1S/C28H27F2N5O2/c1-2-37-28(36)26-25(31-33-32-26)19-7-13-24(14-8-19)34-15-17-35(18-16-34)27(20-3-9-22(29)10-4-20)21-5-11-23(30)12-6-21/h3-14,27H,2,15-18H2,1H3,(H,31,32,33).